The van der Waals surface area contributed by atoms with Crippen LogP contribution in [0.1, 0.15) is 110 Å². The zero-order valence-corrected chi connectivity index (χ0v) is 19.7. The second-order valence-corrected chi connectivity index (χ2v) is 8.76. The van der Waals surface area contributed by atoms with Crippen molar-refractivity contribution in [3.63, 3.8) is 0 Å². The van der Waals surface area contributed by atoms with E-state index in [1.54, 1.807) is 0 Å². The van der Waals surface area contributed by atoms with Crippen LogP contribution in [0.25, 0.3) is 0 Å². The van der Waals surface area contributed by atoms with Crippen molar-refractivity contribution in [2.45, 2.75) is 122 Å². The molecular formula is C19H39NaO4S. The summed E-state index contributed by atoms with van der Waals surface area (Å²) in [5.74, 6) is 0. The molecule has 0 rings (SSSR count). The minimum Gasteiger partial charge on any atom is -0.748 e. The first-order chi connectivity index (χ1) is 11.4. The summed E-state index contributed by atoms with van der Waals surface area (Å²) in [7, 11) is -4.23. The first kappa shape index (κ1) is 28.1. The topological polar surface area (TPSA) is 77.4 Å². The fourth-order valence-electron chi connectivity index (χ4n) is 3.15. The third-order valence-corrected chi connectivity index (χ3v) is 6.02. The van der Waals surface area contributed by atoms with Crippen LogP contribution in [0.4, 0.5) is 0 Å². The number of hydrogen-bond acceptors (Lipinski definition) is 4. The van der Waals surface area contributed by atoms with E-state index in [0.29, 0.717) is 32.1 Å². The summed E-state index contributed by atoms with van der Waals surface area (Å²) >= 11 is 0. The normalized spacial score (nSPS) is 14.1. The van der Waals surface area contributed by atoms with E-state index in [9.17, 15) is 18.1 Å². The van der Waals surface area contributed by atoms with Gasteiger partial charge >= 0.3 is 29.6 Å². The molecule has 0 saturated carbocycles. The van der Waals surface area contributed by atoms with Gasteiger partial charge in [-0.1, -0.05) is 84.5 Å². The van der Waals surface area contributed by atoms with E-state index in [1.165, 1.54) is 51.4 Å². The minimum atomic E-state index is -4.23. The van der Waals surface area contributed by atoms with Crippen molar-refractivity contribution in [2.24, 2.45) is 0 Å². The van der Waals surface area contributed by atoms with Gasteiger partial charge in [0.15, 0.2) is 0 Å². The maximum atomic E-state index is 11.1. The first-order valence-electron chi connectivity index (χ1n) is 10.0. The van der Waals surface area contributed by atoms with Crippen LogP contribution in [0.2, 0.25) is 0 Å². The van der Waals surface area contributed by atoms with E-state index in [4.69, 9.17) is 0 Å². The Morgan fingerprint density at radius 2 is 1.20 bits per heavy atom. The molecule has 0 aliphatic carbocycles. The molecule has 0 aromatic heterocycles. The average molecular weight is 387 g/mol. The van der Waals surface area contributed by atoms with Crippen molar-refractivity contribution >= 4 is 10.1 Å². The minimum absolute atomic E-state index is 0. The predicted octanol–water partition coefficient (Wildman–Crippen LogP) is 2.16. The molecule has 0 heterocycles. The summed E-state index contributed by atoms with van der Waals surface area (Å²) in [6.07, 6.45) is 14.7. The SMILES string of the molecule is CCCCCCCCCCCCC(O)CCC(CCC)S(=O)(=O)[O-].[Na+]. The van der Waals surface area contributed by atoms with Gasteiger partial charge in [-0.05, 0) is 25.7 Å². The van der Waals surface area contributed by atoms with Crippen LogP contribution < -0.4 is 29.6 Å². The van der Waals surface area contributed by atoms with E-state index in [2.05, 4.69) is 6.92 Å². The Hall–Kier alpha value is 0.870. The van der Waals surface area contributed by atoms with Crippen LogP contribution in [-0.4, -0.2) is 29.4 Å². The Labute approximate surface area is 178 Å². The first-order valence-corrected chi connectivity index (χ1v) is 11.5. The maximum absolute atomic E-state index is 11.1. The van der Waals surface area contributed by atoms with Gasteiger partial charge in [-0.25, -0.2) is 8.42 Å². The molecule has 0 bridgehead atoms. The smallest absolute Gasteiger partial charge is 0.748 e. The monoisotopic (exact) mass is 386 g/mol. The summed E-state index contributed by atoms with van der Waals surface area (Å²) in [5, 5.41) is 9.13. The summed E-state index contributed by atoms with van der Waals surface area (Å²) in [4.78, 5) is 0. The van der Waals surface area contributed by atoms with E-state index < -0.39 is 21.5 Å². The van der Waals surface area contributed by atoms with E-state index in [1.807, 2.05) is 6.92 Å². The molecule has 0 amide bonds. The summed E-state index contributed by atoms with van der Waals surface area (Å²) in [5.41, 5.74) is 0. The van der Waals surface area contributed by atoms with Crippen molar-refractivity contribution in [2.75, 3.05) is 0 Å². The molecule has 6 heteroatoms. The third-order valence-electron chi connectivity index (χ3n) is 4.73. The number of aliphatic hydroxyl groups is 1. The van der Waals surface area contributed by atoms with Crippen LogP contribution in [-0.2, 0) is 10.1 Å². The quantitative estimate of drug-likeness (QED) is 0.236. The van der Waals surface area contributed by atoms with Gasteiger partial charge in [0.25, 0.3) is 0 Å². The second kappa shape index (κ2) is 18.2. The standard InChI is InChI=1S/C19H40O4S.Na/c1-3-5-6-7-8-9-10-11-12-13-15-18(20)16-17-19(14-4-2)24(21,22)23;/h18-20H,3-17H2,1-2H3,(H,21,22,23);/q;+1/p-1. The third kappa shape index (κ3) is 18.0. The largest absolute Gasteiger partial charge is 1.00 e. The Kier molecular flexibility index (Phi) is 20.5. The summed E-state index contributed by atoms with van der Waals surface area (Å²) in [6.45, 7) is 4.11. The average Bonchev–Trinajstić information content (AvgIpc) is 2.52. The van der Waals surface area contributed by atoms with Crippen molar-refractivity contribution < 1.29 is 47.6 Å². The van der Waals surface area contributed by atoms with Crippen LogP contribution >= 0.6 is 0 Å². The van der Waals surface area contributed by atoms with E-state index in [0.717, 1.165) is 12.8 Å². The molecule has 0 spiro atoms. The van der Waals surface area contributed by atoms with Gasteiger partial charge in [-0.15, -0.1) is 0 Å². The Morgan fingerprint density at radius 1 is 0.720 bits per heavy atom. The number of rotatable bonds is 17. The number of aliphatic hydroxyl groups excluding tert-OH is 1. The molecule has 0 aliphatic heterocycles. The predicted molar refractivity (Wildman–Crippen MR) is 100 cm³/mol. The van der Waals surface area contributed by atoms with Gasteiger partial charge in [0.05, 0.1) is 16.2 Å². The number of hydrogen-bond donors (Lipinski definition) is 1. The van der Waals surface area contributed by atoms with Gasteiger partial charge in [0, 0.05) is 5.25 Å². The summed E-state index contributed by atoms with van der Waals surface area (Å²) in [6, 6.07) is 0. The van der Waals surface area contributed by atoms with Crippen LogP contribution in [0, 0.1) is 0 Å². The molecule has 4 nitrogen and oxygen atoms in total. The van der Waals surface area contributed by atoms with Crippen molar-refractivity contribution in [1.29, 1.82) is 0 Å². The molecule has 0 fully saturated rings. The summed E-state index contributed by atoms with van der Waals surface area (Å²) < 4.78 is 33.4. The van der Waals surface area contributed by atoms with Crippen LogP contribution in [0.15, 0.2) is 0 Å². The van der Waals surface area contributed by atoms with Gasteiger partial charge in [-0.3, -0.25) is 0 Å². The molecule has 0 aliphatic rings. The maximum Gasteiger partial charge on any atom is 1.00 e. The fourth-order valence-corrected chi connectivity index (χ4v) is 4.09. The molecule has 0 aromatic rings. The van der Waals surface area contributed by atoms with Gasteiger partial charge < -0.3 is 9.66 Å². The Bertz CT molecular complexity index is 374. The van der Waals surface area contributed by atoms with Crippen molar-refractivity contribution in [3.05, 3.63) is 0 Å². The van der Waals surface area contributed by atoms with Crippen LogP contribution in [0.5, 0.6) is 0 Å². The molecule has 0 radical (unpaired) electrons. The fraction of sp³-hybridized carbons (Fsp3) is 1.00. The molecule has 1 N–H and O–H groups in total. The zero-order chi connectivity index (χ0) is 18.3. The molecular weight excluding hydrogens is 347 g/mol. The Morgan fingerprint density at radius 3 is 1.64 bits per heavy atom. The van der Waals surface area contributed by atoms with E-state index >= 15 is 0 Å². The molecule has 25 heavy (non-hydrogen) atoms. The molecule has 0 saturated heterocycles. The van der Waals surface area contributed by atoms with Gasteiger partial charge in [0.2, 0.25) is 0 Å². The molecule has 2 atom stereocenters. The Balaban J connectivity index is 0. The molecule has 0 aromatic carbocycles. The van der Waals surface area contributed by atoms with Gasteiger partial charge in [0.1, 0.15) is 0 Å². The van der Waals surface area contributed by atoms with Gasteiger partial charge in [-0.2, -0.15) is 0 Å². The second-order valence-electron chi connectivity index (χ2n) is 7.11. The van der Waals surface area contributed by atoms with Crippen molar-refractivity contribution in [1.82, 2.24) is 0 Å². The molecule has 2 unspecified atom stereocenters. The number of unbranched alkanes of at least 4 members (excludes halogenated alkanes) is 9. The van der Waals surface area contributed by atoms with Crippen molar-refractivity contribution in [3.8, 4) is 0 Å². The molecule has 146 valence electrons. The van der Waals surface area contributed by atoms with Crippen LogP contribution in [0.3, 0.4) is 0 Å². The zero-order valence-electron chi connectivity index (χ0n) is 16.8. The van der Waals surface area contributed by atoms with E-state index in [-0.39, 0.29) is 29.6 Å².